The highest BCUT2D eigenvalue weighted by molar-refractivity contribution is 5.78. The van der Waals surface area contributed by atoms with Crippen molar-refractivity contribution in [3.63, 3.8) is 0 Å². The van der Waals surface area contributed by atoms with Gasteiger partial charge in [0.1, 0.15) is 5.75 Å². The van der Waals surface area contributed by atoms with Crippen molar-refractivity contribution in [2.45, 2.75) is 52.1 Å². The molecule has 0 bridgehead atoms. The molecule has 2 unspecified atom stereocenters. The number of amides is 1. The first-order valence-corrected chi connectivity index (χ1v) is 7.64. The molecule has 0 aliphatic heterocycles. The Balaban J connectivity index is 2.53. The van der Waals surface area contributed by atoms with Crippen LogP contribution in [0.4, 0.5) is 0 Å². The van der Waals surface area contributed by atoms with Crippen LogP contribution >= 0.6 is 0 Å². The molecular weight excluding hydrogens is 264 g/mol. The molecule has 0 spiro atoms. The van der Waals surface area contributed by atoms with Crippen molar-refractivity contribution in [2.24, 2.45) is 11.7 Å². The van der Waals surface area contributed by atoms with Crippen molar-refractivity contribution < 1.29 is 9.53 Å². The first-order chi connectivity index (χ1) is 9.95. The second-order valence-electron chi connectivity index (χ2n) is 5.78. The lowest BCUT2D eigenvalue weighted by atomic mass is 10.00. The predicted molar refractivity (Wildman–Crippen MR) is 86.2 cm³/mol. The summed E-state index contributed by atoms with van der Waals surface area (Å²) in [5.74, 6) is 0.883. The van der Waals surface area contributed by atoms with Crippen molar-refractivity contribution in [1.82, 2.24) is 5.32 Å². The Bertz CT molecular complexity index is 446. The Morgan fingerprint density at radius 3 is 2.52 bits per heavy atom. The van der Waals surface area contributed by atoms with Crippen LogP contribution in [0.3, 0.4) is 0 Å². The molecule has 1 aromatic carbocycles. The molecule has 0 saturated carbocycles. The van der Waals surface area contributed by atoms with E-state index >= 15 is 0 Å². The van der Waals surface area contributed by atoms with E-state index in [0.29, 0.717) is 0 Å². The molecular formula is C17H28N2O2. The minimum Gasteiger partial charge on any atom is -0.496 e. The summed E-state index contributed by atoms with van der Waals surface area (Å²) in [5, 5.41) is 3.06. The molecule has 4 heteroatoms. The Hall–Kier alpha value is -1.55. The van der Waals surface area contributed by atoms with E-state index in [4.69, 9.17) is 10.5 Å². The summed E-state index contributed by atoms with van der Waals surface area (Å²) in [6.07, 6.45) is 2.81. The van der Waals surface area contributed by atoms with Gasteiger partial charge in [-0.2, -0.15) is 0 Å². The molecule has 3 N–H and O–H groups in total. The largest absolute Gasteiger partial charge is 0.496 e. The van der Waals surface area contributed by atoms with Crippen LogP contribution in [0, 0.1) is 5.92 Å². The van der Waals surface area contributed by atoms with Crippen LogP contribution in [0.1, 0.15) is 51.6 Å². The highest BCUT2D eigenvalue weighted by Crippen LogP contribution is 2.24. The zero-order chi connectivity index (χ0) is 15.8. The van der Waals surface area contributed by atoms with Gasteiger partial charge in [-0.1, -0.05) is 31.5 Å². The molecule has 0 aliphatic rings. The predicted octanol–water partition coefficient (Wildman–Crippen LogP) is 3.03. The summed E-state index contributed by atoms with van der Waals surface area (Å²) in [7, 11) is 1.64. The number of ether oxygens (including phenoxy) is 1. The maximum Gasteiger partial charge on any atom is 0.223 e. The van der Waals surface area contributed by atoms with Gasteiger partial charge < -0.3 is 15.8 Å². The normalized spacial score (nSPS) is 15.1. The van der Waals surface area contributed by atoms with E-state index in [1.807, 2.05) is 45.0 Å². The van der Waals surface area contributed by atoms with Crippen LogP contribution in [0.2, 0.25) is 0 Å². The first-order valence-electron chi connectivity index (χ1n) is 7.64. The van der Waals surface area contributed by atoms with Gasteiger partial charge >= 0.3 is 0 Å². The smallest absolute Gasteiger partial charge is 0.223 e. The maximum absolute atomic E-state index is 12.2. The Labute approximate surface area is 128 Å². The highest BCUT2D eigenvalue weighted by atomic mass is 16.5. The molecule has 1 amide bonds. The van der Waals surface area contributed by atoms with Crippen LogP contribution in [-0.2, 0) is 4.79 Å². The van der Waals surface area contributed by atoms with Gasteiger partial charge in [0.2, 0.25) is 5.91 Å². The topological polar surface area (TPSA) is 64.3 Å². The van der Waals surface area contributed by atoms with Gasteiger partial charge in [0.15, 0.2) is 0 Å². The molecule has 4 nitrogen and oxygen atoms in total. The number of carbonyl (C=O) groups excluding carboxylic acids is 1. The zero-order valence-corrected chi connectivity index (χ0v) is 13.6. The summed E-state index contributed by atoms with van der Waals surface area (Å²) >= 11 is 0. The molecule has 0 aromatic heterocycles. The fourth-order valence-corrected chi connectivity index (χ4v) is 2.33. The number of methoxy groups -OCH3 is 1. The number of para-hydroxylation sites is 1. The first kappa shape index (κ1) is 17.5. The van der Waals surface area contributed by atoms with Gasteiger partial charge in [0.25, 0.3) is 0 Å². The lowest BCUT2D eigenvalue weighted by molar-refractivity contribution is -0.125. The third-order valence-electron chi connectivity index (χ3n) is 3.71. The third kappa shape index (κ3) is 5.76. The van der Waals surface area contributed by atoms with Crippen LogP contribution in [0.15, 0.2) is 24.3 Å². The minimum absolute atomic E-state index is 0.000840. The quantitative estimate of drug-likeness (QED) is 0.774. The second-order valence-corrected chi connectivity index (χ2v) is 5.78. The van der Waals surface area contributed by atoms with Crippen LogP contribution in [-0.4, -0.2) is 19.1 Å². The van der Waals surface area contributed by atoms with Crippen molar-refractivity contribution in [3.8, 4) is 5.75 Å². The number of nitrogens with two attached hydrogens (primary N) is 1. The fraction of sp³-hybridized carbons (Fsp3) is 0.588. The van der Waals surface area contributed by atoms with E-state index in [0.717, 1.165) is 30.6 Å². The van der Waals surface area contributed by atoms with Crippen molar-refractivity contribution in [1.29, 1.82) is 0 Å². The lowest BCUT2D eigenvalue weighted by Gasteiger charge is -2.20. The summed E-state index contributed by atoms with van der Waals surface area (Å²) in [6.45, 7) is 5.93. The van der Waals surface area contributed by atoms with Gasteiger partial charge in [0.05, 0.1) is 13.2 Å². The van der Waals surface area contributed by atoms with Gasteiger partial charge in [-0.25, -0.2) is 0 Å². The van der Waals surface area contributed by atoms with Gasteiger partial charge in [-0.05, 0) is 32.8 Å². The highest BCUT2D eigenvalue weighted by Gasteiger charge is 2.18. The monoisotopic (exact) mass is 292 g/mol. The zero-order valence-electron chi connectivity index (χ0n) is 13.6. The standard InChI is InChI=1S/C17H28N2O2/c1-12(8-7-9-13(2)18)17(20)19-14(3)15-10-5-6-11-16(15)21-4/h5-6,10-14H,7-9,18H2,1-4H3,(H,19,20)/t12?,13?,14-/m1/s1. The Morgan fingerprint density at radius 2 is 1.90 bits per heavy atom. The Morgan fingerprint density at radius 1 is 1.24 bits per heavy atom. The number of benzene rings is 1. The average Bonchev–Trinajstić information content (AvgIpc) is 2.46. The minimum atomic E-state index is -0.0652. The van der Waals surface area contributed by atoms with Crippen LogP contribution in [0.5, 0.6) is 5.75 Å². The third-order valence-corrected chi connectivity index (χ3v) is 3.71. The molecule has 1 rings (SSSR count). The van der Waals surface area contributed by atoms with E-state index in [1.165, 1.54) is 0 Å². The lowest BCUT2D eigenvalue weighted by Crippen LogP contribution is -2.32. The molecule has 1 aromatic rings. The molecule has 21 heavy (non-hydrogen) atoms. The summed E-state index contributed by atoms with van der Waals surface area (Å²) in [4.78, 5) is 12.2. The summed E-state index contributed by atoms with van der Waals surface area (Å²) < 4.78 is 5.33. The maximum atomic E-state index is 12.2. The van der Waals surface area contributed by atoms with Crippen LogP contribution in [0.25, 0.3) is 0 Å². The Kier molecular flexibility index (Phi) is 7.23. The van der Waals surface area contributed by atoms with E-state index in [-0.39, 0.29) is 23.9 Å². The number of nitrogens with one attached hydrogen (secondary N) is 1. The summed E-state index contributed by atoms with van der Waals surface area (Å²) in [6, 6.07) is 7.89. The molecule has 0 heterocycles. The number of rotatable bonds is 8. The van der Waals surface area contributed by atoms with E-state index in [2.05, 4.69) is 5.32 Å². The summed E-state index contributed by atoms with van der Waals surface area (Å²) in [5.41, 5.74) is 6.73. The number of hydrogen-bond acceptors (Lipinski definition) is 3. The molecule has 118 valence electrons. The van der Waals surface area contributed by atoms with Crippen molar-refractivity contribution in [3.05, 3.63) is 29.8 Å². The van der Waals surface area contributed by atoms with Gasteiger partial charge in [-0.15, -0.1) is 0 Å². The van der Waals surface area contributed by atoms with E-state index in [1.54, 1.807) is 7.11 Å². The molecule has 3 atom stereocenters. The average molecular weight is 292 g/mol. The van der Waals surface area contributed by atoms with E-state index in [9.17, 15) is 4.79 Å². The SMILES string of the molecule is COc1ccccc1[C@@H](C)NC(=O)C(C)CCCC(C)N. The van der Waals surface area contributed by atoms with Gasteiger partial charge in [0, 0.05) is 17.5 Å². The molecule has 0 saturated heterocycles. The number of hydrogen-bond donors (Lipinski definition) is 2. The number of carbonyl (C=O) groups is 1. The fourth-order valence-electron chi connectivity index (χ4n) is 2.33. The molecule has 0 fully saturated rings. The second kappa shape index (κ2) is 8.67. The molecule has 0 aliphatic carbocycles. The molecule has 0 radical (unpaired) electrons. The van der Waals surface area contributed by atoms with Crippen LogP contribution < -0.4 is 15.8 Å². The van der Waals surface area contributed by atoms with Crippen molar-refractivity contribution in [2.75, 3.05) is 7.11 Å². The van der Waals surface area contributed by atoms with Gasteiger partial charge in [-0.3, -0.25) is 4.79 Å². The van der Waals surface area contributed by atoms with E-state index < -0.39 is 0 Å². The van der Waals surface area contributed by atoms with Crippen molar-refractivity contribution >= 4 is 5.91 Å².